The van der Waals surface area contributed by atoms with Crippen LogP contribution in [0.4, 0.5) is 8.78 Å². The molecule has 0 saturated heterocycles. The Morgan fingerprint density at radius 2 is 2.06 bits per heavy atom. The van der Waals surface area contributed by atoms with Gasteiger partial charge in [0.05, 0.1) is 10.6 Å². The molecule has 1 atom stereocenters. The van der Waals surface area contributed by atoms with Gasteiger partial charge in [0, 0.05) is 5.56 Å². The van der Waals surface area contributed by atoms with Crippen molar-refractivity contribution in [2.45, 2.75) is 31.8 Å². The van der Waals surface area contributed by atoms with Crippen molar-refractivity contribution < 1.29 is 13.9 Å². The standard InChI is InChI=1S/C12H13BrF2O/c13-9-4-5-10(14)8(12(9)15)3-6-11(16)7-1-2-7/h4-5,7,11,16H,1-3,6H2. The van der Waals surface area contributed by atoms with E-state index in [0.717, 1.165) is 12.8 Å². The van der Waals surface area contributed by atoms with Gasteiger partial charge in [-0.2, -0.15) is 0 Å². The molecule has 1 unspecified atom stereocenters. The highest BCUT2D eigenvalue weighted by atomic mass is 79.9. The van der Waals surface area contributed by atoms with Crippen molar-refractivity contribution in [1.29, 1.82) is 0 Å². The Kier molecular flexibility index (Phi) is 3.60. The van der Waals surface area contributed by atoms with E-state index < -0.39 is 17.7 Å². The molecule has 1 aromatic carbocycles. The summed E-state index contributed by atoms with van der Waals surface area (Å²) >= 11 is 3.02. The van der Waals surface area contributed by atoms with Crippen molar-refractivity contribution in [1.82, 2.24) is 0 Å². The quantitative estimate of drug-likeness (QED) is 0.843. The lowest BCUT2D eigenvalue weighted by Gasteiger charge is -2.10. The minimum atomic E-state index is -0.553. The highest BCUT2D eigenvalue weighted by molar-refractivity contribution is 9.10. The molecule has 0 spiro atoms. The summed E-state index contributed by atoms with van der Waals surface area (Å²) in [6.45, 7) is 0. The van der Waals surface area contributed by atoms with Crippen LogP contribution in [0.25, 0.3) is 0 Å². The predicted octanol–water partition coefficient (Wildman–Crippen LogP) is 3.43. The molecule has 0 amide bonds. The van der Waals surface area contributed by atoms with Gasteiger partial charge in [-0.15, -0.1) is 0 Å². The van der Waals surface area contributed by atoms with Gasteiger partial charge in [-0.3, -0.25) is 0 Å². The summed E-state index contributed by atoms with van der Waals surface area (Å²) < 4.78 is 27.2. The molecular weight excluding hydrogens is 278 g/mol. The third-order valence-corrected chi connectivity index (χ3v) is 3.61. The van der Waals surface area contributed by atoms with Crippen molar-refractivity contribution >= 4 is 15.9 Å². The first kappa shape index (κ1) is 12.0. The van der Waals surface area contributed by atoms with Crippen LogP contribution in [0.1, 0.15) is 24.8 Å². The highest BCUT2D eigenvalue weighted by Crippen LogP contribution is 2.34. The summed E-state index contributed by atoms with van der Waals surface area (Å²) in [4.78, 5) is 0. The average Bonchev–Trinajstić information content (AvgIpc) is 3.07. The van der Waals surface area contributed by atoms with Crippen LogP contribution in [0.5, 0.6) is 0 Å². The lowest BCUT2D eigenvalue weighted by Crippen LogP contribution is -2.11. The Morgan fingerprint density at radius 3 is 2.69 bits per heavy atom. The maximum absolute atomic E-state index is 13.6. The van der Waals surface area contributed by atoms with E-state index >= 15 is 0 Å². The van der Waals surface area contributed by atoms with Crippen LogP contribution in [0.3, 0.4) is 0 Å². The van der Waals surface area contributed by atoms with E-state index in [9.17, 15) is 13.9 Å². The van der Waals surface area contributed by atoms with E-state index in [1.54, 1.807) is 0 Å². The van der Waals surface area contributed by atoms with Crippen molar-refractivity contribution in [2.75, 3.05) is 0 Å². The van der Waals surface area contributed by atoms with Gasteiger partial charge >= 0.3 is 0 Å². The maximum Gasteiger partial charge on any atom is 0.143 e. The molecule has 0 bridgehead atoms. The number of hydrogen-bond acceptors (Lipinski definition) is 1. The van der Waals surface area contributed by atoms with Crippen LogP contribution in [0, 0.1) is 17.6 Å². The van der Waals surface area contributed by atoms with Crippen LogP contribution >= 0.6 is 15.9 Å². The third-order valence-electron chi connectivity index (χ3n) is 3.00. The molecule has 16 heavy (non-hydrogen) atoms. The monoisotopic (exact) mass is 290 g/mol. The van der Waals surface area contributed by atoms with E-state index in [1.165, 1.54) is 12.1 Å². The lowest BCUT2D eigenvalue weighted by atomic mass is 10.0. The average molecular weight is 291 g/mol. The Hall–Kier alpha value is -0.480. The second-order valence-corrected chi connectivity index (χ2v) is 5.12. The third kappa shape index (κ3) is 2.61. The first-order valence-corrected chi connectivity index (χ1v) is 6.19. The second kappa shape index (κ2) is 4.80. The molecule has 1 aliphatic rings. The summed E-state index contributed by atoms with van der Waals surface area (Å²) in [5.41, 5.74) is 0.0640. The summed E-state index contributed by atoms with van der Waals surface area (Å²) in [6.07, 6.45) is 2.32. The van der Waals surface area contributed by atoms with Crippen molar-refractivity contribution in [3.63, 3.8) is 0 Å². The van der Waals surface area contributed by atoms with Crippen LogP contribution in [-0.2, 0) is 6.42 Å². The van der Waals surface area contributed by atoms with Crippen LogP contribution in [0.15, 0.2) is 16.6 Å². The molecule has 1 N–H and O–H groups in total. The fourth-order valence-corrected chi connectivity index (χ4v) is 2.18. The van der Waals surface area contributed by atoms with E-state index in [1.807, 2.05) is 0 Å². The minimum Gasteiger partial charge on any atom is -0.393 e. The second-order valence-electron chi connectivity index (χ2n) is 4.27. The molecule has 0 aliphatic heterocycles. The number of aliphatic hydroxyl groups is 1. The zero-order chi connectivity index (χ0) is 11.7. The topological polar surface area (TPSA) is 20.2 Å². The van der Waals surface area contributed by atoms with Crippen LogP contribution < -0.4 is 0 Å². The molecule has 4 heteroatoms. The highest BCUT2D eigenvalue weighted by Gasteiger charge is 2.29. The van der Waals surface area contributed by atoms with Gasteiger partial charge < -0.3 is 5.11 Å². The zero-order valence-corrected chi connectivity index (χ0v) is 10.3. The zero-order valence-electron chi connectivity index (χ0n) is 8.72. The molecule has 1 nitrogen and oxygen atoms in total. The Morgan fingerprint density at radius 1 is 1.38 bits per heavy atom. The van der Waals surface area contributed by atoms with E-state index in [2.05, 4.69) is 15.9 Å². The van der Waals surface area contributed by atoms with Gasteiger partial charge in [0.25, 0.3) is 0 Å². The Labute approximate surface area is 102 Å². The number of halogens is 3. The Balaban J connectivity index is 2.05. The predicted molar refractivity (Wildman–Crippen MR) is 61.1 cm³/mol. The molecule has 1 aromatic rings. The number of rotatable bonds is 4. The molecule has 2 rings (SSSR count). The number of aliphatic hydroxyl groups excluding tert-OH is 1. The van der Waals surface area contributed by atoms with E-state index in [-0.39, 0.29) is 16.5 Å². The molecule has 0 radical (unpaired) electrons. The van der Waals surface area contributed by atoms with Gasteiger partial charge in [-0.25, -0.2) is 8.78 Å². The fourth-order valence-electron chi connectivity index (χ4n) is 1.81. The summed E-state index contributed by atoms with van der Waals surface area (Å²) in [6, 6.07) is 2.59. The first-order chi connectivity index (χ1) is 7.59. The maximum atomic E-state index is 13.6. The van der Waals surface area contributed by atoms with Gasteiger partial charge in [-0.05, 0) is 59.7 Å². The molecular formula is C12H13BrF2O. The van der Waals surface area contributed by atoms with Crippen LogP contribution in [0.2, 0.25) is 0 Å². The smallest absolute Gasteiger partial charge is 0.143 e. The molecule has 0 heterocycles. The first-order valence-electron chi connectivity index (χ1n) is 5.40. The van der Waals surface area contributed by atoms with E-state index in [0.29, 0.717) is 12.3 Å². The van der Waals surface area contributed by atoms with Gasteiger partial charge in [-0.1, -0.05) is 0 Å². The molecule has 1 saturated carbocycles. The largest absolute Gasteiger partial charge is 0.393 e. The molecule has 1 fully saturated rings. The minimum absolute atomic E-state index is 0.0640. The lowest BCUT2D eigenvalue weighted by molar-refractivity contribution is 0.141. The summed E-state index contributed by atoms with van der Waals surface area (Å²) in [5.74, 6) is -0.745. The van der Waals surface area contributed by atoms with Gasteiger partial charge in [0.15, 0.2) is 0 Å². The molecule has 1 aliphatic carbocycles. The Bertz CT molecular complexity index is 391. The van der Waals surface area contributed by atoms with Crippen LogP contribution in [-0.4, -0.2) is 11.2 Å². The van der Waals surface area contributed by atoms with Crippen molar-refractivity contribution in [3.05, 3.63) is 33.8 Å². The fraction of sp³-hybridized carbons (Fsp3) is 0.500. The molecule has 88 valence electrons. The van der Waals surface area contributed by atoms with Gasteiger partial charge in [0.1, 0.15) is 11.6 Å². The van der Waals surface area contributed by atoms with Gasteiger partial charge in [0.2, 0.25) is 0 Å². The number of hydrogen-bond donors (Lipinski definition) is 1. The number of benzene rings is 1. The van der Waals surface area contributed by atoms with E-state index in [4.69, 9.17) is 0 Å². The summed E-state index contributed by atoms with van der Waals surface area (Å²) in [7, 11) is 0. The summed E-state index contributed by atoms with van der Waals surface area (Å²) in [5, 5.41) is 9.64. The SMILES string of the molecule is OC(CCc1c(F)ccc(Br)c1F)C1CC1. The normalized spacial score (nSPS) is 17.5. The van der Waals surface area contributed by atoms with Crippen molar-refractivity contribution in [3.8, 4) is 0 Å². The molecule has 0 aromatic heterocycles. The van der Waals surface area contributed by atoms with Crippen molar-refractivity contribution in [2.24, 2.45) is 5.92 Å².